The number of carboxylic acid groups (broad SMARTS) is 1. The highest BCUT2D eigenvalue weighted by molar-refractivity contribution is 8.18. The number of ether oxygens (including phenoxy) is 2. The van der Waals surface area contributed by atoms with Crippen LogP contribution in [-0.2, 0) is 16.1 Å². The number of aliphatic carboxylic acids is 1. The molecule has 0 aliphatic carbocycles. The van der Waals surface area contributed by atoms with Crippen LogP contribution in [0.1, 0.15) is 23.6 Å². The highest BCUT2D eigenvalue weighted by atomic mass is 32.2. The lowest BCUT2D eigenvalue weighted by Gasteiger charge is -2.14. The van der Waals surface area contributed by atoms with Gasteiger partial charge in [-0.25, -0.2) is 4.79 Å². The molecule has 0 bridgehead atoms. The molecule has 156 valence electrons. The van der Waals surface area contributed by atoms with Crippen LogP contribution in [0.4, 0.5) is 4.79 Å². The second-order valence-corrected chi connectivity index (χ2v) is 7.76. The molecule has 7 nitrogen and oxygen atoms in total. The van der Waals surface area contributed by atoms with Crippen molar-refractivity contribution in [3.8, 4) is 11.5 Å². The minimum Gasteiger partial charge on any atom is -0.493 e. The summed E-state index contributed by atoms with van der Waals surface area (Å²) in [7, 11) is 1.44. The van der Waals surface area contributed by atoms with E-state index in [-0.39, 0.29) is 23.4 Å². The average molecular weight is 427 g/mol. The van der Waals surface area contributed by atoms with Crippen LogP contribution in [0.2, 0.25) is 0 Å². The quantitative estimate of drug-likeness (QED) is 0.665. The van der Waals surface area contributed by atoms with Crippen LogP contribution in [0.5, 0.6) is 11.5 Å². The highest BCUT2D eigenvalue weighted by Crippen LogP contribution is 2.35. The van der Waals surface area contributed by atoms with Crippen LogP contribution in [0.15, 0.2) is 47.4 Å². The molecule has 3 rings (SSSR count). The zero-order chi connectivity index (χ0) is 21.8. The zero-order valence-electron chi connectivity index (χ0n) is 16.7. The highest BCUT2D eigenvalue weighted by Gasteiger charge is 2.35. The third-order valence-electron chi connectivity index (χ3n) is 4.43. The van der Waals surface area contributed by atoms with Crippen molar-refractivity contribution < 1.29 is 29.0 Å². The lowest BCUT2D eigenvalue weighted by Crippen LogP contribution is -2.27. The van der Waals surface area contributed by atoms with Gasteiger partial charge in [0.25, 0.3) is 11.1 Å². The number of thioether (sulfide) groups is 1. The molecule has 0 spiro atoms. The van der Waals surface area contributed by atoms with Crippen molar-refractivity contribution in [3.63, 3.8) is 0 Å². The molecule has 0 unspecified atom stereocenters. The monoisotopic (exact) mass is 427 g/mol. The number of amides is 2. The van der Waals surface area contributed by atoms with Gasteiger partial charge in [0, 0.05) is 0 Å². The molecular formula is C22H21NO6S. The van der Waals surface area contributed by atoms with Gasteiger partial charge in [0.05, 0.1) is 18.6 Å². The number of imide groups is 1. The van der Waals surface area contributed by atoms with Crippen molar-refractivity contribution >= 4 is 35.0 Å². The van der Waals surface area contributed by atoms with Gasteiger partial charge in [-0.2, -0.15) is 0 Å². The number of aryl methyl sites for hydroxylation is 1. The number of carbonyl (C=O) groups excluding carboxylic acids is 2. The van der Waals surface area contributed by atoms with Crippen molar-refractivity contribution in [2.24, 2.45) is 0 Å². The number of carboxylic acids is 1. The molecule has 1 fully saturated rings. The molecule has 30 heavy (non-hydrogen) atoms. The predicted molar refractivity (Wildman–Crippen MR) is 113 cm³/mol. The molecule has 0 radical (unpaired) electrons. The van der Waals surface area contributed by atoms with E-state index in [0.717, 1.165) is 22.9 Å². The Bertz CT molecular complexity index is 1030. The molecule has 1 saturated heterocycles. The van der Waals surface area contributed by atoms with Crippen molar-refractivity contribution in [1.82, 2.24) is 4.90 Å². The predicted octanol–water partition coefficient (Wildman–Crippen LogP) is 4.09. The summed E-state index contributed by atoms with van der Waals surface area (Å²) in [4.78, 5) is 37.6. The summed E-state index contributed by atoms with van der Waals surface area (Å²) < 4.78 is 10.6. The first-order valence-electron chi connectivity index (χ1n) is 9.17. The number of nitrogens with zero attached hydrogens (tertiary/aromatic N) is 1. The van der Waals surface area contributed by atoms with Crippen LogP contribution >= 0.6 is 11.8 Å². The Labute approximate surface area is 178 Å². The Morgan fingerprint density at radius 3 is 2.63 bits per heavy atom. The first-order valence-corrected chi connectivity index (χ1v) is 9.98. The molecule has 2 amide bonds. The Morgan fingerprint density at radius 2 is 1.97 bits per heavy atom. The maximum Gasteiger partial charge on any atom is 0.344 e. The average Bonchev–Trinajstić information content (AvgIpc) is 2.96. The normalized spacial score (nSPS) is 16.1. The van der Waals surface area contributed by atoms with E-state index in [1.807, 2.05) is 31.2 Å². The second-order valence-electron chi connectivity index (χ2n) is 6.77. The molecule has 2 aromatic carbocycles. The van der Waals surface area contributed by atoms with Crippen LogP contribution in [0.25, 0.3) is 6.08 Å². The number of methoxy groups -OCH3 is 1. The van der Waals surface area contributed by atoms with Crippen molar-refractivity contribution in [2.45, 2.75) is 26.5 Å². The van der Waals surface area contributed by atoms with E-state index in [4.69, 9.17) is 14.6 Å². The van der Waals surface area contributed by atoms with E-state index < -0.39 is 12.1 Å². The summed E-state index contributed by atoms with van der Waals surface area (Å²) in [6.07, 6.45) is 0.566. The van der Waals surface area contributed by atoms with Crippen molar-refractivity contribution in [1.29, 1.82) is 0 Å². The Hall–Kier alpha value is -3.26. The summed E-state index contributed by atoms with van der Waals surface area (Å²) in [5.41, 5.74) is 2.57. The summed E-state index contributed by atoms with van der Waals surface area (Å²) in [6.45, 7) is 3.59. The van der Waals surface area contributed by atoms with Crippen molar-refractivity contribution in [3.05, 3.63) is 64.1 Å². The fraction of sp³-hybridized carbons (Fsp3) is 0.227. The van der Waals surface area contributed by atoms with Gasteiger partial charge in [0.2, 0.25) is 0 Å². The number of benzene rings is 2. The van der Waals surface area contributed by atoms with Gasteiger partial charge in [0.1, 0.15) is 0 Å². The maximum absolute atomic E-state index is 12.7. The van der Waals surface area contributed by atoms with Gasteiger partial charge in [0.15, 0.2) is 17.6 Å². The summed E-state index contributed by atoms with van der Waals surface area (Å²) in [6, 6.07) is 12.5. The van der Waals surface area contributed by atoms with Gasteiger partial charge in [-0.15, -0.1) is 0 Å². The van der Waals surface area contributed by atoms with Crippen molar-refractivity contribution in [2.75, 3.05) is 7.11 Å². The van der Waals surface area contributed by atoms with Crippen LogP contribution in [0.3, 0.4) is 0 Å². The number of hydrogen-bond acceptors (Lipinski definition) is 6. The molecule has 1 N–H and O–H groups in total. The van der Waals surface area contributed by atoms with E-state index >= 15 is 0 Å². The molecule has 8 heteroatoms. The third-order valence-corrected chi connectivity index (χ3v) is 5.34. The van der Waals surface area contributed by atoms with E-state index in [1.165, 1.54) is 18.9 Å². The minimum atomic E-state index is -1.09. The zero-order valence-corrected chi connectivity index (χ0v) is 17.6. The molecule has 0 aromatic heterocycles. The van der Waals surface area contributed by atoms with E-state index in [1.54, 1.807) is 24.3 Å². The summed E-state index contributed by atoms with van der Waals surface area (Å²) >= 11 is 0.881. The number of hydrogen-bond donors (Lipinski definition) is 1. The lowest BCUT2D eigenvalue weighted by molar-refractivity contribution is -0.144. The topological polar surface area (TPSA) is 93.1 Å². The Balaban J connectivity index is 1.80. The van der Waals surface area contributed by atoms with Crippen LogP contribution < -0.4 is 9.47 Å². The molecule has 1 atom stereocenters. The SMILES string of the molecule is COc1cc(/C=C2\SC(=O)N(Cc3cccc(C)c3)C2=O)ccc1O[C@@H](C)C(=O)O. The Kier molecular flexibility index (Phi) is 6.47. The third kappa shape index (κ3) is 4.83. The molecule has 0 saturated carbocycles. The first-order chi connectivity index (χ1) is 14.3. The van der Waals surface area contributed by atoms with Gasteiger partial charge in [-0.1, -0.05) is 35.9 Å². The summed E-state index contributed by atoms with van der Waals surface area (Å²) in [5, 5.41) is 8.67. The fourth-order valence-electron chi connectivity index (χ4n) is 2.89. The minimum absolute atomic E-state index is 0.215. The van der Waals surface area contributed by atoms with Gasteiger partial charge >= 0.3 is 5.97 Å². The van der Waals surface area contributed by atoms with Gasteiger partial charge in [-0.05, 0) is 54.9 Å². The second kappa shape index (κ2) is 9.04. The summed E-state index contributed by atoms with van der Waals surface area (Å²) in [5.74, 6) is -0.846. The van der Waals surface area contributed by atoms with E-state index in [2.05, 4.69) is 0 Å². The smallest absolute Gasteiger partial charge is 0.344 e. The van der Waals surface area contributed by atoms with E-state index in [0.29, 0.717) is 16.2 Å². The van der Waals surface area contributed by atoms with Gasteiger partial charge < -0.3 is 14.6 Å². The van der Waals surface area contributed by atoms with Crippen LogP contribution in [-0.4, -0.2) is 40.3 Å². The lowest BCUT2D eigenvalue weighted by atomic mass is 10.1. The first kappa shape index (κ1) is 21.4. The molecule has 1 aliphatic heterocycles. The molecule has 1 heterocycles. The number of carbonyl (C=O) groups is 3. The number of rotatable bonds is 7. The Morgan fingerprint density at radius 1 is 1.20 bits per heavy atom. The molecule has 1 aliphatic rings. The maximum atomic E-state index is 12.7. The molecule has 2 aromatic rings. The molecular weight excluding hydrogens is 406 g/mol. The fourth-order valence-corrected chi connectivity index (χ4v) is 3.73. The largest absolute Gasteiger partial charge is 0.493 e. The standard InChI is InChI=1S/C22H21NO6S/c1-13-5-4-6-16(9-13)12-23-20(24)19(30-22(23)27)11-15-7-8-17(18(10-15)28-3)29-14(2)21(25)26/h4-11,14H,12H2,1-3H3,(H,25,26)/b19-11-/t14-/m0/s1. The van der Waals surface area contributed by atoms with E-state index in [9.17, 15) is 14.4 Å². The van der Waals surface area contributed by atoms with Gasteiger partial charge in [-0.3, -0.25) is 14.5 Å². The van der Waals surface area contributed by atoms with Crippen LogP contribution in [0, 0.1) is 6.92 Å².